The van der Waals surface area contributed by atoms with Gasteiger partial charge in [0.15, 0.2) is 0 Å². The highest BCUT2D eigenvalue weighted by atomic mass is 16.5. The predicted molar refractivity (Wildman–Crippen MR) is 83.9 cm³/mol. The molecule has 3 atom stereocenters. The topological polar surface area (TPSA) is 36.3 Å². The lowest BCUT2D eigenvalue weighted by Crippen LogP contribution is -2.46. The summed E-state index contributed by atoms with van der Waals surface area (Å²) in [6, 6.07) is 16.7. The van der Waals surface area contributed by atoms with Crippen molar-refractivity contribution >= 4 is 10.8 Å². The summed E-state index contributed by atoms with van der Waals surface area (Å²) in [4.78, 5) is 2.24. The van der Waals surface area contributed by atoms with E-state index in [4.69, 9.17) is 4.74 Å². The molecular weight excluding hydrogens is 260 g/mol. The van der Waals surface area contributed by atoms with Crippen LogP contribution in [-0.4, -0.2) is 30.2 Å². The van der Waals surface area contributed by atoms with Crippen LogP contribution in [0.15, 0.2) is 42.5 Å². The molecule has 21 heavy (non-hydrogen) atoms. The average Bonchev–Trinajstić information content (AvgIpc) is 2.47. The summed E-state index contributed by atoms with van der Waals surface area (Å²) >= 11 is 0. The van der Waals surface area contributed by atoms with Crippen LogP contribution in [0.1, 0.15) is 25.5 Å². The monoisotopic (exact) mass is 280 g/mol. The quantitative estimate of drug-likeness (QED) is 0.844. The van der Waals surface area contributed by atoms with Crippen molar-refractivity contribution in [2.24, 2.45) is 0 Å². The maximum atomic E-state index is 9.73. The molecule has 1 aliphatic heterocycles. The van der Waals surface area contributed by atoms with E-state index in [0.717, 1.165) is 18.7 Å². The highest BCUT2D eigenvalue weighted by molar-refractivity contribution is 5.86. The summed E-state index contributed by atoms with van der Waals surface area (Å²) in [5.74, 6) is 0. The number of morpholine rings is 1. The van der Waals surface area contributed by atoms with Gasteiger partial charge in [-0.3, -0.25) is 4.90 Å². The van der Waals surface area contributed by atoms with E-state index in [-0.39, 0.29) is 18.2 Å². The van der Waals surface area contributed by atoms with Gasteiger partial charge >= 0.3 is 0 Å². The molecule has 0 spiro atoms. The van der Waals surface area contributed by atoms with Gasteiger partial charge in [-0.15, -0.1) is 0 Å². The van der Waals surface area contributed by atoms with Gasteiger partial charge in [0.25, 0.3) is 0 Å². The summed E-state index contributed by atoms with van der Waals surface area (Å²) in [7, 11) is 0. The maximum absolute atomic E-state index is 9.73. The van der Waals surface area contributed by atoms with Crippen molar-refractivity contribution in [3.05, 3.63) is 48.0 Å². The molecule has 0 bridgehead atoms. The second-order valence-corrected chi connectivity index (χ2v) is 5.81. The van der Waals surface area contributed by atoms with Crippen LogP contribution in [0.5, 0.6) is 0 Å². The fourth-order valence-corrected chi connectivity index (χ4v) is 3.27. The molecule has 1 fully saturated rings. The van der Waals surface area contributed by atoms with Crippen molar-refractivity contribution in [3.8, 4) is 6.07 Å². The molecule has 0 amide bonds. The number of hydrogen-bond acceptors (Lipinski definition) is 3. The van der Waals surface area contributed by atoms with Crippen LogP contribution in [0.3, 0.4) is 0 Å². The smallest absolute Gasteiger partial charge is 0.124 e. The van der Waals surface area contributed by atoms with Crippen molar-refractivity contribution in [1.29, 1.82) is 5.26 Å². The number of nitriles is 1. The fourth-order valence-electron chi connectivity index (χ4n) is 3.27. The first-order valence-corrected chi connectivity index (χ1v) is 7.46. The molecule has 0 aromatic heterocycles. The van der Waals surface area contributed by atoms with Crippen LogP contribution in [0, 0.1) is 11.3 Å². The Bertz CT molecular complexity index is 661. The molecule has 1 saturated heterocycles. The van der Waals surface area contributed by atoms with Gasteiger partial charge in [-0.25, -0.2) is 0 Å². The van der Waals surface area contributed by atoms with Gasteiger partial charge in [0.1, 0.15) is 6.04 Å². The van der Waals surface area contributed by atoms with Gasteiger partial charge in [0.05, 0.1) is 18.3 Å². The first-order valence-electron chi connectivity index (χ1n) is 7.46. The third-order valence-corrected chi connectivity index (χ3v) is 4.05. The van der Waals surface area contributed by atoms with E-state index in [1.165, 1.54) is 10.8 Å². The van der Waals surface area contributed by atoms with E-state index in [0.29, 0.717) is 0 Å². The number of benzene rings is 2. The molecule has 2 aromatic rings. The SMILES string of the molecule is CC1CN(C(C#N)c2cccc3ccccc23)CC(C)O1. The molecule has 3 nitrogen and oxygen atoms in total. The van der Waals surface area contributed by atoms with Crippen LogP contribution in [0.25, 0.3) is 10.8 Å². The minimum atomic E-state index is -0.218. The molecular formula is C18H20N2O. The Morgan fingerprint density at radius 1 is 1.10 bits per heavy atom. The number of hydrogen-bond donors (Lipinski definition) is 0. The molecule has 2 aromatic carbocycles. The zero-order chi connectivity index (χ0) is 14.8. The van der Waals surface area contributed by atoms with Crippen molar-refractivity contribution in [3.63, 3.8) is 0 Å². The fraction of sp³-hybridized carbons (Fsp3) is 0.389. The van der Waals surface area contributed by atoms with Crippen LogP contribution < -0.4 is 0 Å². The van der Waals surface area contributed by atoms with Crippen molar-refractivity contribution < 1.29 is 4.74 Å². The summed E-state index contributed by atoms with van der Waals surface area (Å²) < 4.78 is 5.78. The van der Waals surface area contributed by atoms with E-state index in [1.807, 2.05) is 18.2 Å². The summed E-state index contributed by atoms with van der Waals surface area (Å²) in [6.45, 7) is 5.73. The molecule has 3 unspecified atom stereocenters. The molecule has 1 heterocycles. The Labute approximate surface area is 125 Å². The van der Waals surface area contributed by atoms with Gasteiger partial charge < -0.3 is 4.74 Å². The molecule has 1 aliphatic rings. The van der Waals surface area contributed by atoms with Crippen molar-refractivity contribution in [1.82, 2.24) is 4.90 Å². The Morgan fingerprint density at radius 3 is 2.48 bits per heavy atom. The van der Waals surface area contributed by atoms with Gasteiger partial charge in [0.2, 0.25) is 0 Å². The van der Waals surface area contributed by atoms with Crippen LogP contribution in [0.4, 0.5) is 0 Å². The molecule has 0 N–H and O–H groups in total. The Morgan fingerprint density at radius 2 is 1.76 bits per heavy atom. The van der Waals surface area contributed by atoms with Crippen molar-refractivity contribution in [2.45, 2.75) is 32.1 Å². The summed E-state index contributed by atoms with van der Waals surface area (Å²) in [6.07, 6.45) is 0.333. The van der Waals surface area contributed by atoms with Gasteiger partial charge in [-0.2, -0.15) is 5.26 Å². The molecule has 3 rings (SSSR count). The highest BCUT2D eigenvalue weighted by Gasteiger charge is 2.29. The maximum Gasteiger partial charge on any atom is 0.124 e. The molecule has 0 saturated carbocycles. The van der Waals surface area contributed by atoms with Gasteiger partial charge in [0, 0.05) is 13.1 Å². The van der Waals surface area contributed by atoms with E-state index >= 15 is 0 Å². The summed E-state index contributed by atoms with van der Waals surface area (Å²) in [5, 5.41) is 12.1. The summed E-state index contributed by atoms with van der Waals surface area (Å²) in [5.41, 5.74) is 1.09. The average molecular weight is 280 g/mol. The standard InChI is InChI=1S/C18H20N2O/c1-13-11-20(12-14(2)21-13)18(10-19)17-9-5-7-15-6-3-4-8-16(15)17/h3-9,13-14,18H,11-12H2,1-2H3. The third-order valence-electron chi connectivity index (χ3n) is 4.05. The molecule has 3 heteroatoms. The van der Waals surface area contributed by atoms with E-state index in [1.54, 1.807) is 0 Å². The zero-order valence-corrected chi connectivity index (χ0v) is 12.5. The predicted octanol–water partition coefficient (Wildman–Crippen LogP) is 3.51. The minimum absolute atomic E-state index is 0.166. The van der Waals surface area contributed by atoms with E-state index in [9.17, 15) is 5.26 Å². The number of fused-ring (bicyclic) bond motifs is 1. The van der Waals surface area contributed by atoms with Crippen LogP contribution >= 0.6 is 0 Å². The number of ether oxygens (including phenoxy) is 1. The van der Waals surface area contributed by atoms with Crippen LogP contribution in [-0.2, 0) is 4.74 Å². The zero-order valence-electron chi connectivity index (χ0n) is 12.5. The number of nitrogens with zero attached hydrogens (tertiary/aromatic N) is 2. The lowest BCUT2D eigenvalue weighted by atomic mass is 9.97. The second-order valence-electron chi connectivity index (χ2n) is 5.81. The van der Waals surface area contributed by atoms with E-state index < -0.39 is 0 Å². The lowest BCUT2D eigenvalue weighted by molar-refractivity contribution is -0.0748. The third kappa shape index (κ3) is 2.78. The lowest BCUT2D eigenvalue weighted by Gasteiger charge is -2.38. The van der Waals surface area contributed by atoms with Crippen LogP contribution in [0.2, 0.25) is 0 Å². The molecule has 0 radical (unpaired) electrons. The van der Waals surface area contributed by atoms with E-state index in [2.05, 4.69) is 49.1 Å². The largest absolute Gasteiger partial charge is 0.373 e. The van der Waals surface area contributed by atoms with Gasteiger partial charge in [-0.1, -0.05) is 42.5 Å². The Hall–Kier alpha value is -1.89. The Balaban J connectivity index is 2.01. The first-order chi connectivity index (χ1) is 10.2. The highest BCUT2D eigenvalue weighted by Crippen LogP contribution is 2.30. The van der Waals surface area contributed by atoms with Crippen molar-refractivity contribution in [2.75, 3.05) is 13.1 Å². The second kappa shape index (κ2) is 5.85. The normalized spacial score (nSPS) is 24.6. The number of rotatable bonds is 2. The minimum Gasteiger partial charge on any atom is -0.373 e. The molecule has 0 aliphatic carbocycles. The van der Waals surface area contributed by atoms with Gasteiger partial charge in [-0.05, 0) is 30.2 Å². The Kier molecular flexibility index (Phi) is 3.92. The molecule has 108 valence electrons. The first kappa shape index (κ1) is 14.1.